The lowest BCUT2D eigenvalue weighted by Gasteiger charge is -2.48. The molecule has 1 heterocycles. The summed E-state index contributed by atoms with van der Waals surface area (Å²) in [6.07, 6.45) is 1.98. The van der Waals surface area contributed by atoms with Gasteiger partial charge in [0.05, 0.1) is 12.7 Å². The lowest BCUT2D eigenvalue weighted by molar-refractivity contribution is 0.112. The second-order valence-corrected chi connectivity index (χ2v) is 7.19. The van der Waals surface area contributed by atoms with E-state index in [9.17, 15) is 4.79 Å². The summed E-state index contributed by atoms with van der Waals surface area (Å²) in [6, 6.07) is 4.05. The minimum absolute atomic E-state index is 0.115. The molecule has 0 saturated carbocycles. The van der Waals surface area contributed by atoms with Crippen LogP contribution in [0.5, 0.6) is 5.75 Å². The van der Waals surface area contributed by atoms with Gasteiger partial charge in [-0.05, 0) is 43.7 Å². The van der Waals surface area contributed by atoms with Crippen molar-refractivity contribution in [3.63, 3.8) is 0 Å². The normalized spacial score (nSPS) is 20.3. The van der Waals surface area contributed by atoms with Gasteiger partial charge in [-0.15, -0.1) is 0 Å². The Morgan fingerprint density at radius 3 is 2.62 bits per heavy atom. The van der Waals surface area contributed by atoms with E-state index >= 15 is 0 Å². The number of carbonyl (C=O) groups excluding carboxylic acids is 1. The first-order valence-electron chi connectivity index (χ1n) is 7.75. The first kappa shape index (κ1) is 15.9. The fourth-order valence-electron chi connectivity index (χ4n) is 3.51. The molecule has 1 aromatic rings. The van der Waals surface area contributed by atoms with Gasteiger partial charge in [0.25, 0.3) is 0 Å². The van der Waals surface area contributed by atoms with Gasteiger partial charge in [-0.3, -0.25) is 4.79 Å². The molecule has 116 valence electrons. The van der Waals surface area contributed by atoms with Crippen LogP contribution in [-0.2, 0) is 0 Å². The van der Waals surface area contributed by atoms with Gasteiger partial charge in [0.1, 0.15) is 5.75 Å². The molecule has 0 saturated heterocycles. The zero-order valence-corrected chi connectivity index (χ0v) is 14.1. The summed E-state index contributed by atoms with van der Waals surface area (Å²) in [5.41, 5.74) is 3.24. The Hall–Kier alpha value is -1.51. The minimum atomic E-state index is 0.115. The van der Waals surface area contributed by atoms with Crippen molar-refractivity contribution < 1.29 is 9.53 Å². The summed E-state index contributed by atoms with van der Waals surface area (Å²) in [7, 11) is 1.62. The van der Waals surface area contributed by atoms with Crippen LogP contribution in [0.4, 0.5) is 5.69 Å². The monoisotopic (exact) mass is 289 g/mol. The third-order valence-corrected chi connectivity index (χ3v) is 4.41. The van der Waals surface area contributed by atoms with Crippen molar-refractivity contribution in [1.29, 1.82) is 0 Å². The van der Waals surface area contributed by atoms with E-state index in [0.717, 1.165) is 19.3 Å². The van der Waals surface area contributed by atoms with Crippen LogP contribution >= 0.6 is 0 Å². The summed E-state index contributed by atoms with van der Waals surface area (Å²) in [5.74, 6) is 1.70. The molecule has 1 aliphatic rings. The van der Waals surface area contributed by atoms with Crippen molar-refractivity contribution in [3.8, 4) is 5.75 Å². The van der Waals surface area contributed by atoms with E-state index in [4.69, 9.17) is 4.74 Å². The Balaban J connectivity index is 2.60. The Bertz CT molecular complexity index is 534. The van der Waals surface area contributed by atoms with Gasteiger partial charge < -0.3 is 9.64 Å². The molecule has 2 rings (SSSR count). The van der Waals surface area contributed by atoms with Crippen LogP contribution < -0.4 is 9.64 Å². The maximum absolute atomic E-state index is 11.3. The lowest BCUT2D eigenvalue weighted by Crippen LogP contribution is -2.49. The highest BCUT2D eigenvalue weighted by atomic mass is 16.5. The Morgan fingerprint density at radius 2 is 2.10 bits per heavy atom. The van der Waals surface area contributed by atoms with Crippen LogP contribution in [0, 0.1) is 5.92 Å². The Kier molecular flexibility index (Phi) is 4.31. The predicted molar refractivity (Wildman–Crippen MR) is 87.7 cm³/mol. The number of carbonyl (C=O) groups is 1. The number of ether oxygens (including phenoxy) is 1. The average molecular weight is 289 g/mol. The summed E-state index contributed by atoms with van der Waals surface area (Å²) >= 11 is 0. The van der Waals surface area contributed by atoms with E-state index in [1.54, 1.807) is 7.11 Å². The molecule has 0 N–H and O–H groups in total. The molecule has 1 aliphatic heterocycles. The highest BCUT2D eigenvalue weighted by molar-refractivity contribution is 5.82. The highest BCUT2D eigenvalue weighted by Crippen LogP contribution is 2.45. The molecule has 0 aliphatic carbocycles. The van der Waals surface area contributed by atoms with Crippen LogP contribution in [0.15, 0.2) is 12.1 Å². The molecule has 1 atom stereocenters. The number of hydrogen-bond acceptors (Lipinski definition) is 3. The van der Waals surface area contributed by atoms with Crippen LogP contribution in [-0.4, -0.2) is 25.5 Å². The Labute approximate surface area is 128 Å². The van der Waals surface area contributed by atoms with Gasteiger partial charge in [0, 0.05) is 23.8 Å². The molecule has 0 aromatic heterocycles. The quantitative estimate of drug-likeness (QED) is 0.776. The van der Waals surface area contributed by atoms with E-state index in [1.165, 1.54) is 11.3 Å². The number of methoxy groups -OCH3 is 1. The van der Waals surface area contributed by atoms with Gasteiger partial charge in [-0.2, -0.15) is 0 Å². The van der Waals surface area contributed by atoms with Gasteiger partial charge in [0.15, 0.2) is 6.29 Å². The highest BCUT2D eigenvalue weighted by Gasteiger charge is 2.37. The van der Waals surface area contributed by atoms with Crippen LogP contribution in [0.25, 0.3) is 0 Å². The van der Waals surface area contributed by atoms with Crippen LogP contribution in [0.3, 0.4) is 0 Å². The van der Waals surface area contributed by atoms with Gasteiger partial charge in [-0.25, -0.2) is 0 Å². The second-order valence-electron chi connectivity index (χ2n) is 7.19. The second kappa shape index (κ2) is 5.70. The molecule has 0 amide bonds. The molecule has 21 heavy (non-hydrogen) atoms. The van der Waals surface area contributed by atoms with E-state index in [-0.39, 0.29) is 5.54 Å². The van der Waals surface area contributed by atoms with Crippen molar-refractivity contribution in [3.05, 3.63) is 23.3 Å². The van der Waals surface area contributed by atoms with Gasteiger partial charge in [-0.1, -0.05) is 20.8 Å². The number of benzene rings is 1. The third-order valence-electron chi connectivity index (χ3n) is 4.41. The topological polar surface area (TPSA) is 29.5 Å². The third kappa shape index (κ3) is 2.92. The van der Waals surface area contributed by atoms with E-state index < -0.39 is 0 Å². The smallest absolute Gasteiger partial charge is 0.153 e. The van der Waals surface area contributed by atoms with Crippen LogP contribution in [0.1, 0.15) is 62.9 Å². The van der Waals surface area contributed by atoms with E-state index in [1.807, 2.05) is 12.1 Å². The number of aldehydes is 1. The maximum atomic E-state index is 11.3. The zero-order chi connectivity index (χ0) is 15.8. The maximum Gasteiger partial charge on any atom is 0.153 e. The standard InChI is InChI=1S/C18H27NO2/c1-12(2)10-19-16-8-17(21-6)14(11-20)7-15(16)13(3)9-18(19,4)5/h7-8,11-13H,9-10H2,1-6H3/t13-/m0/s1. The minimum Gasteiger partial charge on any atom is -0.496 e. The number of fused-ring (bicyclic) bond motifs is 1. The summed E-state index contributed by atoms with van der Waals surface area (Å²) < 4.78 is 5.40. The summed E-state index contributed by atoms with van der Waals surface area (Å²) in [5, 5.41) is 0. The van der Waals surface area contributed by atoms with Crippen molar-refractivity contribution in [2.45, 2.75) is 52.5 Å². The number of nitrogens with zero attached hydrogens (tertiary/aromatic N) is 1. The molecule has 0 spiro atoms. The molecular formula is C18H27NO2. The fourth-order valence-corrected chi connectivity index (χ4v) is 3.51. The van der Waals surface area contributed by atoms with Gasteiger partial charge >= 0.3 is 0 Å². The molecule has 1 aromatic carbocycles. The largest absolute Gasteiger partial charge is 0.496 e. The predicted octanol–water partition coefficient (Wildman–Crippen LogP) is 4.26. The fraction of sp³-hybridized carbons (Fsp3) is 0.611. The average Bonchev–Trinajstić information content (AvgIpc) is 2.41. The van der Waals surface area contributed by atoms with Crippen LogP contribution in [0.2, 0.25) is 0 Å². The summed E-state index contributed by atoms with van der Waals surface area (Å²) in [6.45, 7) is 12.3. The van der Waals surface area contributed by atoms with Crippen molar-refractivity contribution in [2.75, 3.05) is 18.6 Å². The summed E-state index contributed by atoms with van der Waals surface area (Å²) in [4.78, 5) is 13.7. The number of anilines is 1. The molecule has 0 unspecified atom stereocenters. The first-order valence-corrected chi connectivity index (χ1v) is 7.75. The molecule has 0 fully saturated rings. The van der Waals surface area contributed by atoms with Gasteiger partial charge in [0.2, 0.25) is 0 Å². The zero-order valence-electron chi connectivity index (χ0n) is 14.1. The number of rotatable bonds is 4. The number of hydrogen-bond donors (Lipinski definition) is 0. The molecule has 3 heteroatoms. The SMILES string of the molecule is COc1cc2c(cc1C=O)[C@@H](C)CC(C)(C)N2CC(C)C. The van der Waals surface area contributed by atoms with E-state index in [2.05, 4.69) is 39.5 Å². The molecule has 0 radical (unpaired) electrons. The molecule has 0 bridgehead atoms. The van der Waals surface area contributed by atoms with Crippen molar-refractivity contribution in [1.82, 2.24) is 0 Å². The first-order chi connectivity index (χ1) is 9.80. The molecule has 3 nitrogen and oxygen atoms in total. The Morgan fingerprint density at radius 1 is 1.43 bits per heavy atom. The van der Waals surface area contributed by atoms with Crippen molar-refractivity contribution >= 4 is 12.0 Å². The van der Waals surface area contributed by atoms with E-state index in [0.29, 0.717) is 23.1 Å². The lowest BCUT2D eigenvalue weighted by atomic mass is 9.79. The van der Waals surface area contributed by atoms with Crippen molar-refractivity contribution in [2.24, 2.45) is 5.92 Å². The molecular weight excluding hydrogens is 262 g/mol.